The minimum Gasteiger partial charge on any atom is -0.404 e. The van der Waals surface area contributed by atoms with Gasteiger partial charge in [-0.1, -0.05) is 24.3 Å². The van der Waals surface area contributed by atoms with Crippen LogP contribution in [0.1, 0.15) is 5.56 Å². The fourth-order valence-corrected chi connectivity index (χ4v) is 1.78. The quantitative estimate of drug-likeness (QED) is 0.829. The van der Waals surface area contributed by atoms with Crippen molar-refractivity contribution in [3.05, 3.63) is 48.0 Å². The van der Waals surface area contributed by atoms with E-state index in [0.717, 1.165) is 5.56 Å². The minimum atomic E-state index is -4.74. The van der Waals surface area contributed by atoms with Crippen LogP contribution in [-0.2, 0) is 0 Å². The summed E-state index contributed by atoms with van der Waals surface area (Å²) in [6.45, 7) is 1.81. The molecule has 20 heavy (non-hydrogen) atoms. The number of anilines is 3. The molecule has 0 bridgehead atoms. The molecule has 0 spiro atoms. The van der Waals surface area contributed by atoms with Crippen molar-refractivity contribution in [1.29, 1.82) is 0 Å². The maximum Gasteiger partial charge on any atom is 0.573 e. The van der Waals surface area contributed by atoms with Gasteiger partial charge in [0, 0.05) is 0 Å². The van der Waals surface area contributed by atoms with Crippen LogP contribution in [0.25, 0.3) is 0 Å². The average Bonchev–Trinajstić information content (AvgIpc) is 2.34. The van der Waals surface area contributed by atoms with Crippen molar-refractivity contribution >= 4 is 17.1 Å². The zero-order valence-electron chi connectivity index (χ0n) is 10.7. The molecule has 0 atom stereocenters. The van der Waals surface area contributed by atoms with Crippen molar-refractivity contribution in [3.8, 4) is 5.75 Å². The molecular formula is C14H13F3N2O. The summed E-state index contributed by atoms with van der Waals surface area (Å²) in [5, 5.41) is 2.88. The number of hydrogen-bond acceptors (Lipinski definition) is 3. The lowest BCUT2D eigenvalue weighted by atomic mass is 10.1. The number of rotatable bonds is 3. The Morgan fingerprint density at radius 3 is 2.40 bits per heavy atom. The topological polar surface area (TPSA) is 47.3 Å². The van der Waals surface area contributed by atoms with Gasteiger partial charge in [0.05, 0.1) is 17.1 Å². The summed E-state index contributed by atoms with van der Waals surface area (Å²) in [5.74, 6) is -0.303. The maximum atomic E-state index is 12.3. The molecule has 2 rings (SSSR count). The Morgan fingerprint density at radius 2 is 1.75 bits per heavy atom. The lowest BCUT2D eigenvalue weighted by Gasteiger charge is -2.16. The van der Waals surface area contributed by atoms with Crippen LogP contribution in [0.3, 0.4) is 0 Å². The molecule has 0 fully saturated rings. The van der Waals surface area contributed by atoms with E-state index < -0.39 is 6.36 Å². The van der Waals surface area contributed by atoms with E-state index in [2.05, 4.69) is 10.1 Å². The number of para-hydroxylation sites is 3. The van der Waals surface area contributed by atoms with E-state index in [1.54, 1.807) is 18.2 Å². The van der Waals surface area contributed by atoms with Crippen molar-refractivity contribution in [3.63, 3.8) is 0 Å². The minimum absolute atomic E-state index is 0.200. The molecule has 106 valence electrons. The number of hydrogen-bond donors (Lipinski definition) is 2. The van der Waals surface area contributed by atoms with Gasteiger partial charge in [0.15, 0.2) is 5.75 Å². The van der Waals surface area contributed by atoms with Crippen molar-refractivity contribution in [2.75, 3.05) is 11.1 Å². The number of nitrogen functional groups attached to an aromatic ring is 1. The normalized spacial score (nSPS) is 11.2. The average molecular weight is 282 g/mol. The Hall–Kier alpha value is -2.37. The predicted molar refractivity (Wildman–Crippen MR) is 72.0 cm³/mol. The molecule has 2 aromatic rings. The van der Waals surface area contributed by atoms with Crippen LogP contribution < -0.4 is 15.8 Å². The molecule has 0 aromatic heterocycles. The molecule has 0 aliphatic heterocycles. The highest BCUT2D eigenvalue weighted by atomic mass is 19.4. The van der Waals surface area contributed by atoms with Gasteiger partial charge >= 0.3 is 6.36 Å². The molecule has 0 saturated heterocycles. The van der Waals surface area contributed by atoms with E-state index in [-0.39, 0.29) is 11.4 Å². The van der Waals surface area contributed by atoms with Gasteiger partial charge in [0.1, 0.15) is 0 Å². The third kappa shape index (κ3) is 3.34. The molecule has 0 aliphatic carbocycles. The molecule has 0 aliphatic rings. The Balaban J connectivity index is 2.35. The Bertz CT molecular complexity index is 591. The first-order valence-electron chi connectivity index (χ1n) is 5.84. The Labute approximate surface area is 114 Å². The lowest BCUT2D eigenvalue weighted by molar-refractivity contribution is -0.274. The van der Waals surface area contributed by atoms with Crippen molar-refractivity contribution in [2.24, 2.45) is 0 Å². The van der Waals surface area contributed by atoms with Crippen LogP contribution in [-0.4, -0.2) is 6.36 Å². The SMILES string of the molecule is Cc1cccc(N)c1Nc1ccccc1OC(F)(F)F. The Kier molecular flexibility index (Phi) is 3.74. The zero-order chi connectivity index (χ0) is 14.8. The van der Waals surface area contributed by atoms with Crippen molar-refractivity contribution in [2.45, 2.75) is 13.3 Å². The summed E-state index contributed by atoms with van der Waals surface area (Å²) in [5.41, 5.74) is 7.86. The maximum absolute atomic E-state index is 12.3. The van der Waals surface area contributed by atoms with Crippen LogP contribution in [0.2, 0.25) is 0 Å². The van der Waals surface area contributed by atoms with Gasteiger partial charge in [-0.05, 0) is 30.7 Å². The van der Waals surface area contributed by atoms with E-state index >= 15 is 0 Å². The van der Waals surface area contributed by atoms with E-state index in [1.165, 1.54) is 18.2 Å². The van der Waals surface area contributed by atoms with Crippen molar-refractivity contribution in [1.82, 2.24) is 0 Å². The van der Waals surface area contributed by atoms with Crippen LogP contribution in [0, 0.1) is 6.92 Å². The second kappa shape index (κ2) is 5.32. The molecule has 0 radical (unpaired) electrons. The number of alkyl halides is 3. The smallest absolute Gasteiger partial charge is 0.404 e. The van der Waals surface area contributed by atoms with Gasteiger partial charge < -0.3 is 15.8 Å². The van der Waals surface area contributed by atoms with Gasteiger partial charge in [-0.2, -0.15) is 0 Å². The van der Waals surface area contributed by atoms with Gasteiger partial charge in [0.25, 0.3) is 0 Å². The molecule has 0 amide bonds. The number of nitrogens with one attached hydrogen (secondary N) is 1. The van der Waals surface area contributed by atoms with Gasteiger partial charge in [0.2, 0.25) is 0 Å². The van der Waals surface area contributed by atoms with E-state index in [0.29, 0.717) is 11.4 Å². The largest absolute Gasteiger partial charge is 0.573 e. The highest BCUT2D eigenvalue weighted by molar-refractivity contribution is 5.77. The third-order valence-electron chi connectivity index (χ3n) is 2.68. The molecular weight excluding hydrogens is 269 g/mol. The summed E-state index contributed by atoms with van der Waals surface area (Å²) in [7, 11) is 0. The first-order valence-corrected chi connectivity index (χ1v) is 5.84. The summed E-state index contributed by atoms with van der Waals surface area (Å²) < 4.78 is 41.0. The van der Waals surface area contributed by atoms with Crippen molar-refractivity contribution < 1.29 is 17.9 Å². The Morgan fingerprint density at radius 1 is 1.05 bits per heavy atom. The summed E-state index contributed by atoms with van der Waals surface area (Å²) >= 11 is 0. The number of benzene rings is 2. The van der Waals surface area contributed by atoms with Crippen LogP contribution in [0.15, 0.2) is 42.5 Å². The van der Waals surface area contributed by atoms with Crippen LogP contribution >= 0.6 is 0 Å². The number of halogens is 3. The second-order valence-electron chi connectivity index (χ2n) is 4.21. The summed E-state index contributed by atoms with van der Waals surface area (Å²) in [4.78, 5) is 0. The van der Waals surface area contributed by atoms with Crippen LogP contribution in [0.4, 0.5) is 30.2 Å². The summed E-state index contributed by atoms with van der Waals surface area (Å²) in [6, 6.07) is 11.1. The number of aryl methyl sites for hydroxylation is 1. The fraction of sp³-hybridized carbons (Fsp3) is 0.143. The fourth-order valence-electron chi connectivity index (χ4n) is 1.78. The van der Waals surface area contributed by atoms with Gasteiger partial charge in [-0.3, -0.25) is 0 Å². The standard InChI is InChI=1S/C14H13F3N2O/c1-9-5-4-6-10(18)13(9)19-11-7-2-3-8-12(11)20-14(15,16)17/h2-8,19H,18H2,1H3. The molecule has 3 N–H and O–H groups in total. The number of nitrogens with two attached hydrogens (primary N) is 1. The second-order valence-corrected chi connectivity index (χ2v) is 4.21. The highest BCUT2D eigenvalue weighted by Crippen LogP contribution is 2.34. The monoisotopic (exact) mass is 282 g/mol. The summed E-state index contributed by atoms with van der Waals surface area (Å²) in [6.07, 6.45) is -4.74. The van der Waals surface area contributed by atoms with Gasteiger partial charge in [-0.25, -0.2) is 0 Å². The molecule has 0 unspecified atom stereocenters. The molecule has 3 nitrogen and oxygen atoms in total. The first-order chi connectivity index (χ1) is 9.37. The van der Waals surface area contributed by atoms with E-state index in [1.807, 2.05) is 13.0 Å². The molecule has 0 saturated carbocycles. The highest BCUT2D eigenvalue weighted by Gasteiger charge is 2.32. The third-order valence-corrected chi connectivity index (χ3v) is 2.68. The predicted octanol–water partition coefficient (Wildman–Crippen LogP) is 4.22. The zero-order valence-corrected chi connectivity index (χ0v) is 10.7. The number of ether oxygens (including phenoxy) is 1. The van der Waals surface area contributed by atoms with E-state index in [4.69, 9.17) is 5.73 Å². The van der Waals surface area contributed by atoms with E-state index in [9.17, 15) is 13.2 Å². The molecule has 2 aromatic carbocycles. The molecule has 6 heteroatoms. The van der Waals surface area contributed by atoms with Crippen LogP contribution in [0.5, 0.6) is 5.75 Å². The molecule has 0 heterocycles. The van der Waals surface area contributed by atoms with Gasteiger partial charge in [-0.15, -0.1) is 13.2 Å². The lowest BCUT2D eigenvalue weighted by Crippen LogP contribution is -2.18. The first kappa shape index (κ1) is 14.0.